The molecule has 0 bridgehead atoms. The molecule has 2 unspecified atom stereocenters. The molecular formula is C20H30FN3O8. The Hall–Kier alpha value is -2.57. The minimum atomic E-state index is -1.65. The third kappa shape index (κ3) is 6.24. The standard InChI is InChI=1S/C20H30FN3O8/c1-4-5-6-7-13(25)22-14(10(2)3)19(29)31-9-12-15(26)16(27)18(32-12)24-8-11(21)17(28)23-20(24)30/h8,10,12,14-16,18,26-27H,4-7,9H2,1-3H3,(H,22,25)(H,23,28,30)/t12-,14-,15?,16?,18-/m0/s1. The predicted octanol–water partition coefficient (Wildman–Crippen LogP) is -0.441. The number of aromatic nitrogens is 2. The van der Waals surface area contributed by atoms with Gasteiger partial charge in [-0.2, -0.15) is 4.39 Å². The molecule has 11 nitrogen and oxygen atoms in total. The summed E-state index contributed by atoms with van der Waals surface area (Å²) in [6.45, 7) is 4.99. The molecule has 32 heavy (non-hydrogen) atoms. The van der Waals surface area contributed by atoms with Crippen LogP contribution in [-0.2, 0) is 19.1 Å². The maximum atomic E-state index is 13.5. The molecule has 4 N–H and O–H groups in total. The van der Waals surface area contributed by atoms with E-state index < -0.39 is 60.2 Å². The Kier molecular flexibility index (Phi) is 9.10. The summed E-state index contributed by atoms with van der Waals surface area (Å²) in [7, 11) is 0. The second-order valence-corrected chi connectivity index (χ2v) is 8.07. The van der Waals surface area contributed by atoms with Gasteiger partial charge in [-0.15, -0.1) is 0 Å². The second-order valence-electron chi connectivity index (χ2n) is 8.07. The zero-order valence-electron chi connectivity index (χ0n) is 18.2. The number of carbonyl (C=O) groups is 2. The number of amides is 1. The molecule has 0 aliphatic carbocycles. The summed E-state index contributed by atoms with van der Waals surface area (Å²) in [5.41, 5.74) is -2.28. The molecule has 1 aliphatic rings. The lowest BCUT2D eigenvalue weighted by molar-refractivity contribution is -0.155. The van der Waals surface area contributed by atoms with Crippen molar-refractivity contribution in [1.29, 1.82) is 0 Å². The van der Waals surface area contributed by atoms with Crippen molar-refractivity contribution in [1.82, 2.24) is 14.9 Å². The van der Waals surface area contributed by atoms with E-state index >= 15 is 0 Å². The van der Waals surface area contributed by atoms with Gasteiger partial charge in [0.25, 0.3) is 5.56 Å². The first-order chi connectivity index (χ1) is 15.1. The summed E-state index contributed by atoms with van der Waals surface area (Å²) >= 11 is 0. The summed E-state index contributed by atoms with van der Waals surface area (Å²) in [5, 5.41) is 23.1. The van der Waals surface area contributed by atoms with Gasteiger partial charge in [0.15, 0.2) is 6.23 Å². The molecule has 2 heterocycles. The van der Waals surface area contributed by atoms with Gasteiger partial charge in [-0.1, -0.05) is 33.6 Å². The molecule has 1 aromatic rings. The van der Waals surface area contributed by atoms with E-state index in [1.807, 2.05) is 6.92 Å². The molecular weight excluding hydrogens is 429 g/mol. The van der Waals surface area contributed by atoms with Gasteiger partial charge in [-0.25, -0.2) is 9.59 Å². The number of ether oxygens (including phenoxy) is 2. The number of unbranched alkanes of at least 4 members (excludes halogenated alkanes) is 2. The van der Waals surface area contributed by atoms with Gasteiger partial charge in [-0.3, -0.25) is 19.1 Å². The van der Waals surface area contributed by atoms with Crippen LogP contribution in [0.1, 0.15) is 52.7 Å². The monoisotopic (exact) mass is 459 g/mol. The van der Waals surface area contributed by atoms with Crippen LogP contribution in [0.15, 0.2) is 15.8 Å². The molecule has 0 aromatic carbocycles. The summed E-state index contributed by atoms with van der Waals surface area (Å²) in [5.74, 6) is -2.57. The Morgan fingerprint density at radius 2 is 1.97 bits per heavy atom. The summed E-state index contributed by atoms with van der Waals surface area (Å²) in [6.07, 6.45) is -2.55. The predicted molar refractivity (Wildman–Crippen MR) is 109 cm³/mol. The summed E-state index contributed by atoms with van der Waals surface area (Å²) < 4.78 is 24.7. The van der Waals surface area contributed by atoms with E-state index in [1.165, 1.54) is 0 Å². The number of hydrogen-bond acceptors (Lipinski definition) is 8. The highest BCUT2D eigenvalue weighted by molar-refractivity contribution is 5.84. The Morgan fingerprint density at radius 3 is 2.59 bits per heavy atom. The van der Waals surface area contributed by atoms with Crippen LogP contribution >= 0.6 is 0 Å². The Bertz CT molecular complexity index is 915. The van der Waals surface area contributed by atoms with Crippen molar-refractivity contribution in [2.24, 2.45) is 5.92 Å². The maximum Gasteiger partial charge on any atom is 0.330 e. The molecule has 0 radical (unpaired) electrons. The highest BCUT2D eigenvalue weighted by Crippen LogP contribution is 2.28. The van der Waals surface area contributed by atoms with Crippen molar-refractivity contribution in [2.45, 2.75) is 77.0 Å². The number of H-pyrrole nitrogens is 1. The molecule has 1 saturated heterocycles. The van der Waals surface area contributed by atoms with Crippen molar-refractivity contribution in [3.63, 3.8) is 0 Å². The number of aliphatic hydroxyl groups excluding tert-OH is 2. The van der Waals surface area contributed by atoms with E-state index in [0.717, 1.165) is 12.8 Å². The fourth-order valence-corrected chi connectivity index (χ4v) is 3.28. The van der Waals surface area contributed by atoms with Crippen LogP contribution < -0.4 is 16.6 Å². The zero-order valence-corrected chi connectivity index (χ0v) is 18.2. The van der Waals surface area contributed by atoms with Gasteiger partial charge in [0.2, 0.25) is 11.7 Å². The number of halogens is 1. The highest BCUT2D eigenvalue weighted by atomic mass is 19.1. The Morgan fingerprint density at radius 1 is 1.28 bits per heavy atom. The number of aromatic amines is 1. The highest BCUT2D eigenvalue weighted by Gasteiger charge is 2.45. The van der Waals surface area contributed by atoms with E-state index in [0.29, 0.717) is 17.2 Å². The minimum absolute atomic E-state index is 0.270. The molecule has 12 heteroatoms. The number of carbonyl (C=O) groups excluding carboxylic acids is 2. The van der Waals surface area contributed by atoms with Crippen LogP contribution in [0.4, 0.5) is 4.39 Å². The number of esters is 1. The molecule has 1 aromatic heterocycles. The van der Waals surface area contributed by atoms with Gasteiger partial charge < -0.3 is 25.0 Å². The van der Waals surface area contributed by atoms with Crippen LogP contribution in [0.5, 0.6) is 0 Å². The van der Waals surface area contributed by atoms with Crippen LogP contribution in [0.2, 0.25) is 0 Å². The SMILES string of the molecule is CCCCCC(=O)N[C@H](C(=O)OC[C@@H]1O[C@H](n2cc(F)c(=O)[nH]c2=O)C(O)C1O)C(C)C. The van der Waals surface area contributed by atoms with E-state index in [1.54, 1.807) is 18.8 Å². The smallest absolute Gasteiger partial charge is 0.330 e. The normalized spacial score (nSPS) is 23.8. The van der Waals surface area contributed by atoms with Crippen LogP contribution in [-0.4, -0.2) is 62.6 Å². The van der Waals surface area contributed by atoms with Crippen molar-refractivity contribution in [2.75, 3.05) is 6.61 Å². The number of hydrogen-bond donors (Lipinski definition) is 4. The molecule has 0 saturated carbocycles. The summed E-state index contributed by atoms with van der Waals surface area (Å²) in [4.78, 5) is 49.4. The van der Waals surface area contributed by atoms with E-state index in [4.69, 9.17) is 9.47 Å². The van der Waals surface area contributed by atoms with Gasteiger partial charge in [0.05, 0.1) is 6.20 Å². The zero-order chi connectivity index (χ0) is 24.0. The number of nitrogens with one attached hydrogen (secondary N) is 2. The first kappa shape index (κ1) is 25.7. The van der Waals surface area contributed by atoms with E-state index in [2.05, 4.69) is 5.32 Å². The quantitative estimate of drug-likeness (QED) is 0.271. The molecule has 5 atom stereocenters. The third-order valence-corrected chi connectivity index (χ3v) is 5.17. The Labute approximate surface area is 183 Å². The number of nitrogens with zero attached hydrogens (tertiary/aromatic N) is 1. The van der Waals surface area contributed by atoms with Gasteiger partial charge in [0.1, 0.15) is 31.0 Å². The topological polar surface area (TPSA) is 160 Å². The van der Waals surface area contributed by atoms with Crippen LogP contribution in [0.3, 0.4) is 0 Å². The van der Waals surface area contributed by atoms with E-state index in [-0.39, 0.29) is 18.2 Å². The average Bonchev–Trinajstić information content (AvgIpc) is 3.01. The first-order valence-electron chi connectivity index (χ1n) is 10.5. The molecule has 1 aliphatic heterocycles. The van der Waals surface area contributed by atoms with Crippen molar-refractivity contribution < 1.29 is 33.7 Å². The molecule has 180 valence electrons. The fraction of sp³-hybridized carbons (Fsp3) is 0.700. The lowest BCUT2D eigenvalue weighted by atomic mass is 10.0. The van der Waals surface area contributed by atoms with Gasteiger partial charge in [-0.05, 0) is 12.3 Å². The molecule has 2 rings (SSSR count). The number of rotatable bonds is 10. The lowest BCUT2D eigenvalue weighted by Crippen LogP contribution is -2.46. The lowest BCUT2D eigenvalue weighted by Gasteiger charge is -2.22. The summed E-state index contributed by atoms with van der Waals surface area (Å²) in [6, 6.07) is -0.917. The van der Waals surface area contributed by atoms with Crippen LogP contribution in [0, 0.1) is 11.7 Å². The van der Waals surface area contributed by atoms with E-state index in [9.17, 15) is 33.8 Å². The van der Waals surface area contributed by atoms with Crippen LogP contribution in [0.25, 0.3) is 0 Å². The Balaban J connectivity index is 2.00. The second kappa shape index (κ2) is 11.3. The molecule has 1 fully saturated rings. The minimum Gasteiger partial charge on any atom is -0.461 e. The van der Waals surface area contributed by atoms with Gasteiger partial charge >= 0.3 is 11.7 Å². The maximum absolute atomic E-state index is 13.5. The van der Waals surface area contributed by atoms with Crippen molar-refractivity contribution >= 4 is 11.9 Å². The number of aliphatic hydroxyl groups is 2. The van der Waals surface area contributed by atoms with Crippen molar-refractivity contribution in [3.05, 3.63) is 32.9 Å². The molecule has 1 amide bonds. The van der Waals surface area contributed by atoms with Crippen molar-refractivity contribution in [3.8, 4) is 0 Å². The first-order valence-corrected chi connectivity index (χ1v) is 10.5. The third-order valence-electron chi connectivity index (χ3n) is 5.17. The molecule has 0 spiro atoms. The largest absolute Gasteiger partial charge is 0.461 e. The van der Waals surface area contributed by atoms with Gasteiger partial charge in [0, 0.05) is 6.42 Å². The average molecular weight is 459 g/mol. The fourth-order valence-electron chi connectivity index (χ4n) is 3.28.